The van der Waals surface area contributed by atoms with E-state index in [0.29, 0.717) is 0 Å². The minimum Gasteiger partial charge on any atom is -0.477 e. The quantitative estimate of drug-likeness (QED) is 0.0273. The molecule has 11 aliphatic heterocycles. The molecular weight excluding hydrogens is 1950 g/mol. The van der Waals surface area contributed by atoms with Crippen molar-refractivity contribution in [3.8, 4) is 0 Å². The molecule has 11 heterocycles. The SMILES string of the molecule is CC(=O)N[C@@H]1[C@H](O[C@@H]2[C@@H](O[C@@H]3[C@H](O)[C@H](O[C@H]4[C@H](O)[C@@H](NC(C)=O)[C@H](O[C@H]5[C@H](O)[C@@H](NC(C)=O)[C@H](O)O[C@@H]5CO[C@@H]5O[C@@H](C)[C@@H](O)[C@@H](O)[C@@H]5O)O[C@@H]4CO)O[C@H](CO[C@H]4O[C@H](CO)[C@@H](O)[C@H](O)[C@@H]4O[C@@H]4O[C@H](CO)[C@@H](O)[C@H](O[C@@H]5O[C@H](CO)[C@H](O)[C@H](O)[C@H]5O)[C@H]4NC(C)=O)[C@H]3O)O[C@H](CO)[C@@H](O)[C@@H]2O)O[C@H](CO)[C@@H](O)[C@@H]1O[C@@H]1O[C@H](CO)[C@H](O)[C@H](O[C@]2(C(=O)O)C[C@H](O)[C@@H](NC(C)=O)[C@H]([C@H](O)[C@H](O)CO)O2)[C@H]1O. The third-order valence-corrected chi connectivity index (χ3v) is 25.9. The third kappa shape index (κ3) is 25.8. The summed E-state index contributed by atoms with van der Waals surface area (Å²) in [5.74, 6) is -10.6. The Hall–Kier alpha value is -5.22. The Morgan fingerprint density at radius 2 is 0.634 bits per heavy atom. The summed E-state index contributed by atoms with van der Waals surface area (Å²) in [4.78, 5) is 78.5. The summed E-state index contributed by atoms with van der Waals surface area (Å²) in [5, 5.41) is 362. The maximum atomic E-state index is 13.6. The molecular formula is C79H131N5O58. The first kappa shape index (κ1) is 117. The molecule has 5 amide bonds. The Morgan fingerprint density at radius 3 is 1.12 bits per heavy atom. The van der Waals surface area contributed by atoms with Gasteiger partial charge >= 0.3 is 5.97 Å². The number of carbonyl (C=O) groups excluding carboxylic acids is 5. The van der Waals surface area contributed by atoms with E-state index >= 15 is 0 Å². The summed E-state index contributed by atoms with van der Waals surface area (Å²) >= 11 is 0. The third-order valence-electron chi connectivity index (χ3n) is 25.9. The van der Waals surface area contributed by atoms with Gasteiger partial charge in [0.1, 0.15) is 256 Å². The smallest absolute Gasteiger partial charge is 0.364 e. The van der Waals surface area contributed by atoms with Gasteiger partial charge < -0.3 is 284 Å². The number of carboxylic acids is 1. The number of aliphatic hydroxyl groups is 30. The number of hydrogen-bond acceptors (Lipinski definition) is 57. The van der Waals surface area contributed by atoms with Crippen molar-refractivity contribution in [3.05, 3.63) is 0 Å². The molecule has 0 unspecified atom stereocenters. The normalized spacial score (nSPS) is 48.0. The molecule has 11 saturated heterocycles. The highest BCUT2D eigenvalue weighted by Gasteiger charge is 2.65. The van der Waals surface area contributed by atoms with E-state index in [2.05, 4.69) is 26.6 Å². The molecule has 11 fully saturated rings. The van der Waals surface area contributed by atoms with Crippen molar-refractivity contribution in [2.75, 3.05) is 66.1 Å². The van der Waals surface area contributed by atoms with Crippen molar-refractivity contribution in [1.29, 1.82) is 0 Å². The molecule has 0 radical (unpaired) electrons. The Kier molecular flexibility index (Phi) is 41.7. The second kappa shape index (κ2) is 50.6. The second-order valence-corrected chi connectivity index (χ2v) is 36.0. The largest absolute Gasteiger partial charge is 0.477 e. The maximum absolute atomic E-state index is 13.6. The van der Waals surface area contributed by atoms with Crippen LogP contribution >= 0.6 is 0 Å². The molecule has 0 spiro atoms. The highest BCUT2D eigenvalue weighted by atomic mass is 16.8. The van der Waals surface area contributed by atoms with Crippen LogP contribution in [0.4, 0.5) is 0 Å². The maximum Gasteiger partial charge on any atom is 0.364 e. The average molecular weight is 2080 g/mol. The fraction of sp³-hybridized carbons (Fsp3) is 0.924. The lowest BCUT2D eigenvalue weighted by molar-refractivity contribution is -0.401. The molecule has 63 heteroatoms. The first-order valence-electron chi connectivity index (χ1n) is 45.1. The molecule has 56 atom stereocenters. The van der Waals surface area contributed by atoms with E-state index in [1.165, 1.54) is 6.92 Å². The van der Waals surface area contributed by atoms with Crippen molar-refractivity contribution in [2.24, 2.45) is 0 Å². The van der Waals surface area contributed by atoms with Crippen molar-refractivity contribution >= 4 is 35.5 Å². The average Bonchev–Trinajstić information content (AvgIpc) is 0.874. The number of ether oxygens (including phenoxy) is 21. The molecule has 0 aliphatic carbocycles. The fourth-order valence-electron chi connectivity index (χ4n) is 18.4. The number of nitrogens with one attached hydrogen (secondary N) is 5. The van der Waals surface area contributed by atoms with Crippen LogP contribution in [-0.2, 0) is 128 Å². The lowest BCUT2D eigenvalue weighted by Crippen LogP contribution is -2.72. The van der Waals surface area contributed by atoms with Crippen LogP contribution in [0.15, 0.2) is 0 Å². The lowest BCUT2D eigenvalue weighted by atomic mass is 9.88. The predicted octanol–water partition coefficient (Wildman–Crippen LogP) is -24.0. The van der Waals surface area contributed by atoms with Crippen LogP contribution in [0.2, 0.25) is 0 Å². The van der Waals surface area contributed by atoms with Crippen LogP contribution in [0.5, 0.6) is 0 Å². The van der Waals surface area contributed by atoms with Gasteiger partial charge in [-0.05, 0) is 6.92 Å². The van der Waals surface area contributed by atoms with E-state index in [0.717, 1.165) is 34.6 Å². The molecule has 0 aromatic rings. The molecule has 142 heavy (non-hydrogen) atoms. The summed E-state index contributed by atoms with van der Waals surface area (Å²) in [5.41, 5.74) is 0. The topological polar surface area (TPSA) is 984 Å². The molecule has 0 aromatic heterocycles. The van der Waals surface area contributed by atoms with Crippen molar-refractivity contribution in [1.82, 2.24) is 26.6 Å². The van der Waals surface area contributed by atoms with Crippen molar-refractivity contribution in [3.63, 3.8) is 0 Å². The van der Waals surface area contributed by atoms with Gasteiger partial charge in [-0.3, -0.25) is 24.0 Å². The van der Waals surface area contributed by atoms with Crippen molar-refractivity contribution < 1.29 is 287 Å². The summed E-state index contributed by atoms with van der Waals surface area (Å²) < 4.78 is 126. The van der Waals surface area contributed by atoms with Crippen LogP contribution in [0.25, 0.3) is 0 Å². The number of amides is 5. The molecule has 0 saturated carbocycles. The molecule has 0 aromatic carbocycles. The predicted molar refractivity (Wildman–Crippen MR) is 436 cm³/mol. The molecule has 0 bridgehead atoms. The zero-order valence-electron chi connectivity index (χ0n) is 76.4. The first-order valence-corrected chi connectivity index (χ1v) is 45.1. The molecule has 11 rings (SSSR count). The van der Waals surface area contributed by atoms with Gasteiger partial charge in [0, 0.05) is 41.0 Å². The van der Waals surface area contributed by atoms with E-state index in [1.807, 2.05) is 0 Å². The molecule has 820 valence electrons. The van der Waals surface area contributed by atoms with Gasteiger partial charge in [0.2, 0.25) is 29.5 Å². The van der Waals surface area contributed by atoms with Gasteiger partial charge in [-0.2, -0.15) is 0 Å². The van der Waals surface area contributed by atoms with Crippen LogP contribution in [0.3, 0.4) is 0 Å². The summed E-state index contributed by atoms with van der Waals surface area (Å²) in [7, 11) is 0. The Labute approximate surface area is 803 Å². The molecule has 63 nitrogen and oxygen atoms in total. The number of rotatable bonds is 38. The number of carbonyl (C=O) groups is 6. The Morgan fingerprint density at radius 1 is 0.303 bits per heavy atom. The lowest BCUT2D eigenvalue weighted by Gasteiger charge is -2.52. The van der Waals surface area contributed by atoms with Crippen LogP contribution in [0.1, 0.15) is 48.0 Å². The molecule has 11 aliphatic rings. The Bertz CT molecular complexity index is 4010. The van der Waals surface area contributed by atoms with Crippen LogP contribution in [0, 0.1) is 0 Å². The summed E-state index contributed by atoms with van der Waals surface area (Å²) in [6.45, 7) is -6.31. The van der Waals surface area contributed by atoms with Gasteiger partial charge in [-0.1, -0.05) is 0 Å². The minimum absolute atomic E-state index is 0.825. The van der Waals surface area contributed by atoms with E-state index in [4.69, 9.17) is 99.5 Å². The van der Waals surface area contributed by atoms with Crippen LogP contribution in [-0.4, -0.2) is 603 Å². The van der Waals surface area contributed by atoms with Gasteiger partial charge in [-0.25, -0.2) is 4.79 Å². The zero-order chi connectivity index (χ0) is 105. The first-order chi connectivity index (χ1) is 67.0. The Balaban J connectivity index is 0.946. The highest BCUT2D eigenvalue weighted by molar-refractivity contribution is 5.77. The number of hydrogen-bond donors (Lipinski definition) is 36. The van der Waals surface area contributed by atoms with Crippen LogP contribution < -0.4 is 26.6 Å². The van der Waals surface area contributed by atoms with E-state index < -0.39 is 451 Å². The zero-order valence-corrected chi connectivity index (χ0v) is 76.4. The second-order valence-electron chi connectivity index (χ2n) is 36.0. The number of carboxylic acid groups (broad SMARTS) is 1. The van der Waals surface area contributed by atoms with Gasteiger partial charge in [0.25, 0.3) is 5.79 Å². The van der Waals surface area contributed by atoms with E-state index in [1.54, 1.807) is 0 Å². The molecule has 36 N–H and O–H groups in total. The van der Waals surface area contributed by atoms with Gasteiger partial charge in [-0.15, -0.1) is 0 Å². The minimum atomic E-state index is -3.39. The van der Waals surface area contributed by atoms with Gasteiger partial charge in [0.15, 0.2) is 62.9 Å². The summed E-state index contributed by atoms with van der Waals surface area (Å²) in [6.07, 6.45) is -112. The summed E-state index contributed by atoms with van der Waals surface area (Å²) in [6, 6.07) is -9.90. The van der Waals surface area contributed by atoms with E-state index in [-0.39, 0.29) is 0 Å². The van der Waals surface area contributed by atoms with E-state index in [9.17, 15) is 187 Å². The number of aliphatic carboxylic acids is 1. The van der Waals surface area contributed by atoms with Crippen molar-refractivity contribution in [2.45, 2.75) is 391 Å². The standard InChI is InChI=1S/C79H131N5O58/c1-18-40(100)51(111)55(115)72(124-18)122-17-34-60(49(109)36(68(119)125-34)81-20(3)94)134-69-37(82-21(4)95)50(110)59(32(15-92)132-69)135-74-57(117)64(48(108)33(133-74)16-123-76-66(53(113)43(103)27(10-87)130-76)139-70-38(83-22(5)96)61(45(105)29(12-89)126-70)136-73-56(116)52(112)42(102)26(9-86)128-73)138-77-67(54(114)44(104)28(11-88)131-77)140-71-39(84-23(6)97)62(46(106)30(13-90)127-71)137-75-58(118)65(47(107)31(14-91)129-75)142-79(78(120)121)7-24(98)35(80-19(2)93)63(141-79)41(101)25(99)8-85/h18,24-77,85-92,98-119H,7-17H2,1-6H3,(H,80,93)(H,81,94)(H,82,95)(H,83,96)(H,84,97)(H,120,121)/t18-,24-,25+,26+,27+,28+,29+,30+,31+,32+,33+,34+,35+,36+,37+,38+,39-,40+,41+,42-,43+,44+,45+,46+,47-,48+,49+,50+,51+,52-,53-,54-,55-,56+,57-,58+,59+,60+,61+,62+,63+,64-,65-,66-,67-,68+,69-,70-,71-,72+,73-,74-,75-,76-,77+,79-/m0/s1. The fourth-order valence-corrected chi connectivity index (χ4v) is 18.4. The van der Waals surface area contributed by atoms with Gasteiger partial charge in [0.05, 0.1) is 84.3 Å². The monoisotopic (exact) mass is 2080 g/mol. The highest BCUT2D eigenvalue weighted by Crippen LogP contribution is 2.44. The number of aliphatic hydroxyl groups excluding tert-OH is 30.